The molecule has 1 heterocycles. The maximum absolute atomic E-state index is 12.3. The molecule has 2 rings (SSSR count). The van der Waals surface area contributed by atoms with Gasteiger partial charge >= 0.3 is 0 Å². The van der Waals surface area contributed by atoms with Crippen LogP contribution in [0.5, 0.6) is 5.75 Å². The fraction of sp³-hybridized carbons (Fsp3) is 0.571. The van der Waals surface area contributed by atoms with Crippen LogP contribution in [-0.4, -0.2) is 34.2 Å². The van der Waals surface area contributed by atoms with Crippen molar-refractivity contribution in [2.45, 2.75) is 37.1 Å². The molecule has 2 N–H and O–H groups in total. The van der Waals surface area contributed by atoms with Crippen LogP contribution < -0.4 is 14.8 Å². The van der Waals surface area contributed by atoms with E-state index in [0.717, 1.165) is 25.8 Å². The van der Waals surface area contributed by atoms with E-state index in [9.17, 15) is 8.42 Å². The molecule has 1 saturated heterocycles. The number of benzene rings is 1. The van der Waals surface area contributed by atoms with Crippen LogP contribution >= 0.6 is 0 Å². The number of hydrogen-bond acceptors (Lipinski definition) is 4. The van der Waals surface area contributed by atoms with Gasteiger partial charge in [0, 0.05) is 12.6 Å². The molecule has 0 amide bonds. The van der Waals surface area contributed by atoms with Gasteiger partial charge < -0.3 is 10.1 Å². The molecule has 1 fully saturated rings. The Kier molecular flexibility index (Phi) is 5.39. The highest BCUT2D eigenvalue weighted by atomic mass is 32.2. The van der Waals surface area contributed by atoms with Crippen molar-refractivity contribution in [3.05, 3.63) is 24.3 Å². The van der Waals surface area contributed by atoms with Gasteiger partial charge in [0.2, 0.25) is 10.0 Å². The molecule has 1 aliphatic rings. The summed E-state index contributed by atoms with van der Waals surface area (Å²) in [6.07, 6.45) is 3.02. The molecular weight excluding hydrogens is 276 g/mol. The second kappa shape index (κ2) is 7.06. The molecule has 1 aromatic carbocycles. The smallest absolute Gasteiger partial charge is 0.240 e. The van der Waals surface area contributed by atoms with Crippen LogP contribution in [0.25, 0.3) is 0 Å². The Morgan fingerprint density at radius 3 is 2.75 bits per heavy atom. The van der Waals surface area contributed by atoms with E-state index in [-0.39, 0.29) is 10.9 Å². The van der Waals surface area contributed by atoms with Gasteiger partial charge in [-0.3, -0.25) is 0 Å². The van der Waals surface area contributed by atoms with E-state index in [0.29, 0.717) is 18.9 Å². The van der Waals surface area contributed by atoms with Crippen LogP contribution in [0.2, 0.25) is 0 Å². The molecule has 6 heteroatoms. The first kappa shape index (κ1) is 15.3. The summed E-state index contributed by atoms with van der Waals surface area (Å²) in [7, 11) is -3.45. The van der Waals surface area contributed by atoms with Gasteiger partial charge in [-0.15, -0.1) is 0 Å². The predicted molar refractivity (Wildman–Crippen MR) is 78.4 cm³/mol. The minimum Gasteiger partial charge on any atom is -0.494 e. The lowest BCUT2D eigenvalue weighted by molar-refractivity contribution is 0.340. The molecule has 20 heavy (non-hydrogen) atoms. The second-order valence-electron chi connectivity index (χ2n) is 4.92. The number of rotatable bonds is 5. The molecule has 0 aliphatic carbocycles. The lowest BCUT2D eigenvalue weighted by Crippen LogP contribution is -2.40. The minimum absolute atomic E-state index is 0.0333. The molecule has 0 aromatic heterocycles. The average Bonchev–Trinajstić information content (AvgIpc) is 2.68. The van der Waals surface area contributed by atoms with Crippen LogP contribution in [0, 0.1) is 0 Å². The summed E-state index contributed by atoms with van der Waals surface area (Å²) in [5.41, 5.74) is 0. The highest BCUT2D eigenvalue weighted by molar-refractivity contribution is 7.89. The Morgan fingerprint density at radius 2 is 2.05 bits per heavy atom. The molecule has 0 bridgehead atoms. The van der Waals surface area contributed by atoms with Gasteiger partial charge in [0.25, 0.3) is 0 Å². The zero-order chi connectivity index (χ0) is 14.4. The zero-order valence-electron chi connectivity index (χ0n) is 11.8. The Hall–Kier alpha value is -1.11. The van der Waals surface area contributed by atoms with Crippen molar-refractivity contribution in [2.75, 3.05) is 19.7 Å². The summed E-state index contributed by atoms with van der Waals surface area (Å²) in [6.45, 7) is 4.11. The first-order valence-electron chi connectivity index (χ1n) is 7.08. The van der Waals surface area contributed by atoms with Crippen LogP contribution in [-0.2, 0) is 10.0 Å². The Morgan fingerprint density at radius 1 is 1.30 bits per heavy atom. The largest absolute Gasteiger partial charge is 0.494 e. The summed E-state index contributed by atoms with van der Waals surface area (Å²) < 4.78 is 32.7. The van der Waals surface area contributed by atoms with E-state index >= 15 is 0 Å². The molecule has 0 saturated carbocycles. The normalized spacial score (nSPS) is 20.4. The molecule has 0 spiro atoms. The molecule has 5 nitrogen and oxygen atoms in total. The van der Waals surface area contributed by atoms with E-state index in [1.54, 1.807) is 24.3 Å². The SMILES string of the molecule is CCOc1ccc(S(=O)(=O)NC2CCCCNC2)cc1. The van der Waals surface area contributed by atoms with Gasteiger partial charge in [-0.1, -0.05) is 6.42 Å². The van der Waals surface area contributed by atoms with E-state index < -0.39 is 10.0 Å². The summed E-state index contributed by atoms with van der Waals surface area (Å²) in [5.74, 6) is 0.683. The predicted octanol–water partition coefficient (Wildman–Crippen LogP) is 1.51. The third-order valence-electron chi connectivity index (χ3n) is 3.31. The third-order valence-corrected chi connectivity index (χ3v) is 4.85. The molecule has 1 aliphatic heterocycles. The van der Waals surface area contributed by atoms with Crippen molar-refractivity contribution in [1.82, 2.24) is 10.0 Å². The van der Waals surface area contributed by atoms with Gasteiger partial charge in [0.05, 0.1) is 11.5 Å². The third kappa shape index (κ3) is 4.19. The van der Waals surface area contributed by atoms with E-state index in [1.807, 2.05) is 6.92 Å². The fourth-order valence-corrected chi connectivity index (χ4v) is 3.56. The number of sulfonamides is 1. The highest BCUT2D eigenvalue weighted by Gasteiger charge is 2.20. The summed E-state index contributed by atoms with van der Waals surface area (Å²) >= 11 is 0. The molecule has 1 atom stereocenters. The van der Waals surface area contributed by atoms with Crippen LogP contribution in [0.15, 0.2) is 29.2 Å². The van der Waals surface area contributed by atoms with Crippen LogP contribution in [0.3, 0.4) is 0 Å². The second-order valence-corrected chi connectivity index (χ2v) is 6.64. The monoisotopic (exact) mass is 298 g/mol. The topological polar surface area (TPSA) is 67.4 Å². The molecule has 1 unspecified atom stereocenters. The first-order chi connectivity index (χ1) is 9.62. The van der Waals surface area contributed by atoms with E-state index in [1.165, 1.54) is 0 Å². The maximum Gasteiger partial charge on any atom is 0.240 e. The Balaban J connectivity index is 2.05. The molecule has 112 valence electrons. The van der Waals surface area contributed by atoms with E-state index in [4.69, 9.17) is 4.74 Å². The zero-order valence-corrected chi connectivity index (χ0v) is 12.6. The molecular formula is C14H22N2O3S. The molecule has 1 aromatic rings. The number of ether oxygens (including phenoxy) is 1. The summed E-state index contributed by atoms with van der Waals surface area (Å²) in [6, 6.07) is 6.50. The quantitative estimate of drug-likeness (QED) is 0.864. The fourth-order valence-electron chi connectivity index (χ4n) is 2.29. The minimum atomic E-state index is -3.45. The lowest BCUT2D eigenvalue weighted by atomic mass is 10.2. The van der Waals surface area contributed by atoms with Crippen molar-refractivity contribution in [3.63, 3.8) is 0 Å². The number of hydrogen-bond donors (Lipinski definition) is 2. The average molecular weight is 298 g/mol. The van der Waals surface area contributed by atoms with Gasteiger partial charge in [-0.05, 0) is 50.6 Å². The molecule has 0 radical (unpaired) electrons. The summed E-state index contributed by atoms with van der Waals surface area (Å²) in [4.78, 5) is 0.283. The van der Waals surface area contributed by atoms with Crippen molar-refractivity contribution in [3.8, 4) is 5.75 Å². The lowest BCUT2D eigenvalue weighted by Gasteiger charge is -2.16. The summed E-state index contributed by atoms with van der Waals surface area (Å²) in [5, 5.41) is 3.25. The van der Waals surface area contributed by atoms with Gasteiger partial charge in [0.1, 0.15) is 5.75 Å². The van der Waals surface area contributed by atoms with Gasteiger partial charge in [0.15, 0.2) is 0 Å². The van der Waals surface area contributed by atoms with E-state index in [2.05, 4.69) is 10.0 Å². The maximum atomic E-state index is 12.3. The van der Waals surface area contributed by atoms with Gasteiger partial charge in [-0.2, -0.15) is 0 Å². The van der Waals surface area contributed by atoms with Crippen molar-refractivity contribution in [2.24, 2.45) is 0 Å². The standard InChI is InChI=1S/C14H22N2O3S/c1-2-19-13-6-8-14(9-7-13)20(17,18)16-12-5-3-4-10-15-11-12/h6-9,12,15-16H,2-5,10-11H2,1H3. The van der Waals surface area contributed by atoms with Crippen molar-refractivity contribution >= 4 is 10.0 Å². The Bertz CT molecular complexity index is 506. The highest BCUT2D eigenvalue weighted by Crippen LogP contribution is 2.17. The van der Waals surface area contributed by atoms with Crippen molar-refractivity contribution in [1.29, 1.82) is 0 Å². The Labute approximate surface area is 120 Å². The van der Waals surface area contributed by atoms with Crippen molar-refractivity contribution < 1.29 is 13.2 Å². The first-order valence-corrected chi connectivity index (χ1v) is 8.56. The van der Waals surface area contributed by atoms with Crippen LogP contribution in [0.4, 0.5) is 0 Å². The van der Waals surface area contributed by atoms with Crippen LogP contribution in [0.1, 0.15) is 26.2 Å². The number of nitrogens with one attached hydrogen (secondary N) is 2. The van der Waals surface area contributed by atoms with Gasteiger partial charge in [-0.25, -0.2) is 13.1 Å².